The lowest BCUT2D eigenvalue weighted by molar-refractivity contribution is -0.133. The van der Waals surface area contributed by atoms with Crippen LogP contribution < -0.4 is 49.1 Å². The summed E-state index contributed by atoms with van der Waals surface area (Å²) in [6.45, 7) is 11.2. The zero-order valence-corrected chi connectivity index (χ0v) is 33.0. The number of ketones is 1. The molecule has 6 atom stereocenters. The fourth-order valence-corrected chi connectivity index (χ4v) is 5.01. The fraction of sp³-hybridized carbons (Fsp3) is 0.771. The maximum absolute atomic E-state index is 12.6. The quantitative estimate of drug-likeness (QED) is 0.0418. The number of rotatable bonds is 26. The molecule has 0 aromatic carbocycles. The van der Waals surface area contributed by atoms with Gasteiger partial charge in [-0.15, -0.1) is 0 Å². The van der Waals surface area contributed by atoms with Crippen LogP contribution in [0.1, 0.15) is 103 Å². The van der Waals surface area contributed by atoms with E-state index in [4.69, 9.17) is 17.2 Å². The number of nitrogens with one attached hydrogen (secondary N) is 6. The maximum atomic E-state index is 12.6. The lowest BCUT2D eigenvalue weighted by Gasteiger charge is -2.25. The summed E-state index contributed by atoms with van der Waals surface area (Å²) in [5.74, 6) is -3.81. The van der Waals surface area contributed by atoms with Crippen LogP contribution in [0, 0.1) is 11.8 Å². The van der Waals surface area contributed by atoms with Gasteiger partial charge in [0.2, 0.25) is 41.4 Å². The van der Waals surface area contributed by atoms with E-state index >= 15 is 0 Å². The number of hydrogen-bond acceptors (Lipinski definition) is 12. The van der Waals surface area contributed by atoms with Gasteiger partial charge in [0.25, 0.3) is 0 Å². The van der Waals surface area contributed by atoms with Gasteiger partial charge in [0.1, 0.15) is 30.2 Å². The first-order chi connectivity index (χ1) is 25.2. The van der Waals surface area contributed by atoms with Gasteiger partial charge >= 0.3 is 0 Å². The average Bonchev–Trinajstić information content (AvgIpc) is 3.07. The summed E-state index contributed by atoms with van der Waals surface area (Å²) < 4.78 is 0. The van der Waals surface area contributed by atoms with Crippen molar-refractivity contribution in [3.8, 4) is 0 Å². The Bertz CT molecular complexity index is 1120. The first-order valence-electron chi connectivity index (χ1n) is 18.4. The highest BCUT2D eigenvalue weighted by Gasteiger charge is 2.30. The van der Waals surface area contributed by atoms with Crippen LogP contribution in [-0.2, 0) is 38.4 Å². The second-order valence-electron chi connectivity index (χ2n) is 14.0. The Kier molecular flexibility index (Phi) is 28.1. The summed E-state index contributed by atoms with van der Waals surface area (Å²) in [7, 11) is 0. The number of Topliss-reactive ketones (excluding diaryl/α,β-unsaturated/α-hetero) is 1. The normalized spacial score (nSPS) is 14.2. The molecule has 0 fully saturated rings. The number of unbranched alkanes of at least 4 members (excludes halogenated alkanes) is 2. The smallest absolute Gasteiger partial charge is 0.245 e. The largest absolute Gasteiger partial charge is 0.394 e. The standard InChI is InChI=1S/C18H34N4O5.C17H33N5O5.2H2/c1-11(2)9-15(12(3)24)22-17(26)14(7-5-6-8-19)21-18(27)16(10-23)20-13(4)25;1-10(2)8-13(15(19)25)22-16(26)12(6-4-5-7-18)21-17(27)14(9-23)20-11(3)24;;/h11,14-16,23H,5-10,19H2,1-4H3,(H,20,25)(H,21,27)(H,22,26);10,12-14,23H,4-9,18H2,1-3H3,(H2,19,25)(H,20,24)(H,21,27)(H,22,26);2*1H/t14-,15+,16-;12-,13+,14+;;/m01../s1/i;;2*1+1. The Labute approximate surface area is 321 Å². The predicted octanol–water partition coefficient (Wildman–Crippen LogP) is -2.18. The molecular weight excluding hydrogens is 706 g/mol. The zero-order valence-electron chi connectivity index (χ0n) is 33.0. The van der Waals surface area contributed by atoms with Gasteiger partial charge in [-0.3, -0.25) is 38.4 Å². The van der Waals surface area contributed by atoms with E-state index in [2.05, 4.69) is 31.9 Å². The van der Waals surface area contributed by atoms with Crippen LogP contribution in [0.2, 0.25) is 0 Å². The van der Waals surface area contributed by atoms with Crippen molar-refractivity contribution in [2.75, 3.05) is 26.3 Å². The van der Waals surface area contributed by atoms with E-state index in [9.17, 15) is 48.6 Å². The molecule has 19 nitrogen and oxygen atoms in total. The van der Waals surface area contributed by atoms with E-state index in [-0.39, 0.29) is 20.5 Å². The zero-order chi connectivity index (χ0) is 42.0. The Balaban J connectivity index is -0.000000466. The van der Waals surface area contributed by atoms with Crippen molar-refractivity contribution in [3.05, 3.63) is 0 Å². The van der Waals surface area contributed by atoms with Crippen molar-refractivity contribution in [1.82, 2.24) is 31.9 Å². The molecule has 0 aliphatic rings. The van der Waals surface area contributed by atoms with Gasteiger partial charge in [-0.1, -0.05) is 27.7 Å². The van der Waals surface area contributed by atoms with Crippen LogP contribution in [0.25, 0.3) is 0 Å². The molecule has 0 aliphatic heterocycles. The fourth-order valence-electron chi connectivity index (χ4n) is 5.01. The molecule has 0 saturated carbocycles. The Morgan fingerprint density at radius 2 is 0.815 bits per heavy atom. The lowest BCUT2D eigenvalue weighted by Crippen LogP contribution is -2.57. The van der Waals surface area contributed by atoms with Crippen molar-refractivity contribution in [1.29, 1.82) is 0 Å². The van der Waals surface area contributed by atoms with Crippen molar-refractivity contribution >= 4 is 47.1 Å². The molecule has 14 N–H and O–H groups in total. The number of hydrogen-bond donors (Lipinski definition) is 11. The number of aliphatic hydroxyl groups excluding tert-OH is 2. The monoisotopic (exact) mass is 780 g/mol. The number of aliphatic hydroxyl groups is 2. The average molecular weight is 780 g/mol. The predicted molar refractivity (Wildman–Crippen MR) is 206 cm³/mol. The highest BCUT2D eigenvalue weighted by atomic mass is 16.3. The molecule has 0 saturated heterocycles. The van der Waals surface area contributed by atoms with Gasteiger partial charge < -0.3 is 59.3 Å². The molecule has 19 heteroatoms. The minimum atomic E-state index is -1.17. The van der Waals surface area contributed by atoms with Crippen molar-refractivity contribution in [3.63, 3.8) is 0 Å². The van der Waals surface area contributed by atoms with E-state index in [0.29, 0.717) is 64.5 Å². The lowest BCUT2D eigenvalue weighted by atomic mass is 10.00. The molecule has 0 aromatic heterocycles. The minimum absolute atomic E-state index is 0. The van der Waals surface area contributed by atoms with Crippen molar-refractivity contribution in [2.45, 2.75) is 136 Å². The minimum Gasteiger partial charge on any atom is -0.394 e. The van der Waals surface area contributed by atoms with Gasteiger partial charge in [0, 0.05) is 16.7 Å². The SMILES string of the molecule is CC(=O)N[C@@H](CO)C(=O)N[C@@H](CCCCN)C(=O)N[C@H](CC(C)C)C(C)=O.CC(=O)N[C@@H](CO)C(=O)N[C@H](CCCCN)C(=O)N[C@@H](CC(C)C)C(N)=O.[2HH].[2HH]. The van der Waals surface area contributed by atoms with E-state index < -0.39 is 90.8 Å². The first-order valence-corrected chi connectivity index (χ1v) is 18.4. The molecule has 0 aromatic rings. The second-order valence-corrected chi connectivity index (χ2v) is 14.0. The maximum Gasteiger partial charge on any atom is 0.245 e. The molecule has 0 aliphatic carbocycles. The number of nitrogens with two attached hydrogens (primary N) is 3. The van der Waals surface area contributed by atoms with Crippen LogP contribution in [0.3, 0.4) is 0 Å². The highest BCUT2D eigenvalue weighted by molar-refractivity contribution is 5.95. The molecule has 316 valence electrons. The van der Waals surface area contributed by atoms with E-state index in [1.54, 1.807) is 0 Å². The number of amides is 7. The summed E-state index contributed by atoms with van der Waals surface area (Å²) in [6, 6.07) is -5.63. The van der Waals surface area contributed by atoms with E-state index in [1.807, 2.05) is 27.7 Å². The summed E-state index contributed by atoms with van der Waals surface area (Å²) in [5.41, 5.74) is 16.3. The third kappa shape index (κ3) is 24.2. The molecule has 0 bridgehead atoms. The second kappa shape index (κ2) is 29.2. The summed E-state index contributed by atoms with van der Waals surface area (Å²) in [5, 5.41) is 33.5. The Hall–Kier alpha value is -4.20. The molecule has 0 heterocycles. The number of primary amides is 1. The molecule has 0 unspecified atom stereocenters. The van der Waals surface area contributed by atoms with Crippen LogP contribution in [0.5, 0.6) is 0 Å². The van der Waals surface area contributed by atoms with Crippen LogP contribution >= 0.6 is 0 Å². The van der Waals surface area contributed by atoms with Crippen LogP contribution in [0.4, 0.5) is 0 Å². The van der Waals surface area contributed by atoms with Crippen molar-refractivity contribution < 1.29 is 51.4 Å². The summed E-state index contributed by atoms with van der Waals surface area (Å²) >= 11 is 0. The molecule has 0 rings (SSSR count). The van der Waals surface area contributed by atoms with Gasteiger partial charge in [-0.25, -0.2) is 0 Å². The summed E-state index contributed by atoms with van der Waals surface area (Å²) in [6.07, 6.45) is 4.00. The van der Waals surface area contributed by atoms with Crippen LogP contribution in [-0.4, -0.2) is 120 Å². The van der Waals surface area contributed by atoms with E-state index in [1.165, 1.54) is 20.8 Å². The number of carbonyl (C=O) groups excluding carboxylic acids is 8. The van der Waals surface area contributed by atoms with E-state index in [0.717, 1.165) is 0 Å². The highest BCUT2D eigenvalue weighted by Crippen LogP contribution is 2.09. The molecule has 0 radical (unpaired) electrons. The first kappa shape index (κ1) is 51.9. The topological polar surface area (TPSA) is 327 Å². The van der Waals surface area contributed by atoms with Gasteiger partial charge in [0.15, 0.2) is 5.78 Å². The third-order valence-electron chi connectivity index (χ3n) is 7.79. The molecule has 7 amide bonds. The van der Waals surface area contributed by atoms with Crippen molar-refractivity contribution in [2.24, 2.45) is 29.0 Å². The Morgan fingerprint density at radius 1 is 0.500 bits per heavy atom. The summed E-state index contributed by atoms with van der Waals surface area (Å²) in [4.78, 5) is 95.4. The number of carbonyl (C=O) groups is 8. The molecular formula is C35H71N9O10. The van der Waals surface area contributed by atoms with Gasteiger partial charge in [-0.2, -0.15) is 0 Å². The van der Waals surface area contributed by atoms with Crippen LogP contribution in [0.15, 0.2) is 0 Å². The van der Waals surface area contributed by atoms with Gasteiger partial charge in [0.05, 0.1) is 19.3 Å². The van der Waals surface area contributed by atoms with Gasteiger partial charge in [-0.05, 0) is 83.2 Å². The molecule has 0 spiro atoms. The Morgan fingerprint density at radius 3 is 1.09 bits per heavy atom. The molecule has 54 heavy (non-hydrogen) atoms. The third-order valence-corrected chi connectivity index (χ3v) is 7.79.